The van der Waals surface area contributed by atoms with Crippen LogP contribution in [0.5, 0.6) is 5.75 Å². The van der Waals surface area contributed by atoms with Gasteiger partial charge in [-0.15, -0.1) is 0 Å². The second-order valence-corrected chi connectivity index (χ2v) is 6.21. The van der Waals surface area contributed by atoms with Gasteiger partial charge in [-0.05, 0) is 30.3 Å². The van der Waals surface area contributed by atoms with Crippen LogP contribution in [0.2, 0.25) is 0 Å². The van der Waals surface area contributed by atoms with Crippen LogP contribution in [0.3, 0.4) is 0 Å². The predicted molar refractivity (Wildman–Crippen MR) is 95.5 cm³/mol. The number of carbonyl (C=O) groups is 2. The Morgan fingerprint density at radius 1 is 1.21 bits per heavy atom. The molecule has 9 nitrogen and oxygen atoms in total. The van der Waals surface area contributed by atoms with Crippen molar-refractivity contribution in [2.45, 2.75) is 6.10 Å². The number of carboxylic acid groups (broad SMARTS) is 1. The molecule has 0 saturated heterocycles. The molecule has 1 N–H and O–H groups in total. The lowest BCUT2D eigenvalue weighted by Crippen LogP contribution is -2.32. The molecular formula is C19H17NO8. The number of nitro groups is 1. The predicted octanol–water partition coefficient (Wildman–Crippen LogP) is 2.85. The minimum Gasteiger partial charge on any atom is -0.493 e. The Morgan fingerprint density at radius 3 is 2.50 bits per heavy atom. The van der Waals surface area contributed by atoms with E-state index in [1.54, 1.807) is 0 Å². The van der Waals surface area contributed by atoms with Crippen molar-refractivity contribution in [2.24, 2.45) is 5.92 Å². The number of hydrogen-bond donors (Lipinski definition) is 1. The van der Waals surface area contributed by atoms with Crippen LogP contribution in [0.1, 0.15) is 32.4 Å². The third-order valence-corrected chi connectivity index (χ3v) is 4.37. The van der Waals surface area contributed by atoms with Crippen molar-refractivity contribution >= 4 is 17.6 Å². The molecule has 0 bridgehead atoms. The van der Waals surface area contributed by atoms with E-state index < -0.39 is 23.0 Å². The zero-order chi connectivity index (χ0) is 20.3. The smallest absolute Gasteiger partial charge is 0.338 e. The van der Waals surface area contributed by atoms with E-state index >= 15 is 0 Å². The van der Waals surface area contributed by atoms with Gasteiger partial charge in [0.05, 0.1) is 35.2 Å². The molecule has 0 unspecified atom stereocenters. The Hall–Kier alpha value is -3.46. The second-order valence-electron chi connectivity index (χ2n) is 6.21. The van der Waals surface area contributed by atoms with Crippen LogP contribution < -0.4 is 4.74 Å². The van der Waals surface area contributed by atoms with E-state index in [0.29, 0.717) is 11.3 Å². The van der Waals surface area contributed by atoms with E-state index in [-0.39, 0.29) is 35.9 Å². The number of nitrogens with zero attached hydrogens (tertiary/aromatic N) is 1. The number of hydrogen-bond acceptors (Lipinski definition) is 7. The number of esters is 1. The first-order chi connectivity index (χ1) is 13.4. The maximum atomic E-state index is 12.6. The average molecular weight is 387 g/mol. The van der Waals surface area contributed by atoms with E-state index in [1.807, 2.05) is 0 Å². The van der Waals surface area contributed by atoms with Gasteiger partial charge in [-0.25, -0.2) is 9.59 Å². The zero-order valence-electron chi connectivity index (χ0n) is 14.9. The number of non-ortho nitro benzene ring substituents is 1. The summed E-state index contributed by atoms with van der Waals surface area (Å²) < 4.78 is 16.5. The molecule has 9 heteroatoms. The van der Waals surface area contributed by atoms with E-state index in [9.17, 15) is 24.8 Å². The fraction of sp³-hybridized carbons (Fsp3) is 0.263. The van der Waals surface area contributed by atoms with E-state index in [1.165, 1.54) is 49.6 Å². The van der Waals surface area contributed by atoms with Crippen LogP contribution in [-0.4, -0.2) is 42.3 Å². The largest absolute Gasteiger partial charge is 0.493 e. The van der Waals surface area contributed by atoms with E-state index in [2.05, 4.69) is 0 Å². The van der Waals surface area contributed by atoms with Gasteiger partial charge in [-0.1, -0.05) is 0 Å². The number of carboxylic acids is 1. The van der Waals surface area contributed by atoms with Crippen molar-refractivity contribution in [2.75, 3.05) is 20.3 Å². The minimum absolute atomic E-state index is 0.0387. The molecule has 0 spiro atoms. The average Bonchev–Trinajstić information content (AvgIpc) is 2.69. The number of nitro benzene ring substituents is 1. The lowest BCUT2D eigenvalue weighted by molar-refractivity contribution is -0.384. The molecule has 0 aromatic heterocycles. The van der Waals surface area contributed by atoms with Crippen LogP contribution in [0.25, 0.3) is 0 Å². The summed E-state index contributed by atoms with van der Waals surface area (Å²) in [6.07, 6.45) is -0.786. The number of carbonyl (C=O) groups excluding carboxylic acids is 1. The van der Waals surface area contributed by atoms with E-state index in [4.69, 9.17) is 14.2 Å². The topological polar surface area (TPSA) is 125 Å². The Bertz CT molecular complexity index is 909. The van der Waals surface area contributed by atoms with Gasteiger partial charge in [0.2, 0.25) is 0 Å². The highest BCUT2D eigenvalue weighted by Crippen LogP contribution is 2.39. The zero-order valence-corrected chi connectivity index (χ0v) is 14.9. The summed E-state index contributed by atoms with van der Waals surface area (Å²) in [5.41, 5.74) is 0.473. The third-order valence-electron chi connectivity index (χ3n) is 4.37. The number of methoxy groups -OCH3 is 1. The fourth-order valence-corrected chi connectivity index (χ4v) is 2.99. The van der Waals surface area contributed by atoms with Crippen LogP contribution in [-0.2, 0) is 9.47 Å². The van der Waals surface area contributed by atoms with Gasteiger partial charge >= 0.3 is 11.9 Å². The molecule has 2 atom stereocenters. The van der Waals surface area contributed by atoms with E-state index in [0.717, 1.165) is 0 Å². The van der Waals surface area contributed by atoms with Crippen LogP contribution in [0.15, 0.2) is 42.5 Å². The normalized spacial score (nSPS) is 17.9. The summed E-state index contributed by atoms with van der Waals surface area (Å²) >= 11 is 0. The monoisotopic (exact) mass is 387 g/mol. The number of ether oxygens (including phenoxy) is 3. The molecule has 3 rings (SSSR count). The Balaban J connectivity index is 1.90. The van der Waals surface area contributed by atoms with Crippen molar-refractivity contribution in [3.63, 3.8) is 0 Å². The van der Waals surface area contributed by atoms with Crippen LogP contribution >= 0.6 is 0 Å². The molecule has 28 heavy (non-hydrogen) atoms. The molecule has 2 aromatic rings. The van der Waals surface area contributed by atoms with Crippen molar-refractivity contribution in [1.82, 2.24) is 0 Å². The van der Waals surface area contributed by atoms with Gasteiger partial charge in [0.1, 0.15) is 11.9 Å². The molecule has 1 aliphatic heterocycles. The molecule has 0 fully saturated rings. The van der Waals surface area contributed by atoms with Crippen molar-refractivity contribution in [3.8, 4) is 5.75 Å². The first kappa shape index (κ1) is 19.3. The highest BCUT2D eigenvalue weighted by Gasteiger charge is 2.35. The summed E-state index contributed by atoms with van der Waals surface area (Å²) in [7, 11) is 1.50. The first-order valence-electron chi connectivity index (χ1n) is 8.35. The molecule has 1 heterocycles. The second kappa shape index (κ2) is 8.05. The fourth-order valence-electron chi connectivity index (χ4n) is 2.99. The summed E-state index contributed by atoms with van der Waals surface area (Å²) in [6, 6.07) is 9.38. The van der Waals surface area contributed by atoms with Crippen LogP contribution in [0, 0.1) is 16.0 Å². The quantitative estimate of drug-likeness (QED) is 0.456. The standard InChI is InChI=1S/C19H17NO8/c1-26-9-13-10-27-16-7-4-12(18(21)22)8-15(16)17(13)28-19(23)11-2-5-14(6-3-11)20(24)25/h2-8,13,17H,9-10H2,1H3,(H,21,22)/t13-,17+/m1/s1. The summed E-state index contributed by atoms with van der Waals surface area (Å²) in [5.74, 6) is -1.71. The number of aromatic carboxylic acids is 1. The lowest BCUT2D eigenvalue weighted by Gasteiger charge is -2.33. The third kappa shape index (κ3) is 3.94. The summed E-state index contributed by atoms with van der Waals surface area (Å²) in [4.78, 5) is 34.1. The molecule has 2 aromatic carbocycles. The molecule has 0 aliphatic carbocycles. The van der Waals surface area contributed by atoms with Gasteiger partial charge in [-0.2, -0.15) is 0 Å². The molecule has 0 amide bonds. The molecular weight excluding hydrogens is 370 g/mol. The molecule has 146 valence electrons. The van der Waals surface area contributed by atoms with Crippen molar-refractivity contribution in [3.05, 3.63) is 69.3 Å². The SMILES string of the molecule is COC[C@@H]1COc2ccc(C(=O)O)cc2[C@H]1OC(=O)c1ccc([N+](=O)[O-])cc1. The molecule has 0 saturated carbocycles. The van der Waals surface area contributed by atoms with Gasteiger partial charge in [-0.3, -0.25) is 10.1 Å². The first-order valence-corrected chi connectivity index (χ1v) is 8.35. The van der Waals surface area contributed by atoms with Crippen molar-refractivity contribution in [1.29, 1.82) is 0 Å². The Labute approximate surface area is 159 Å². The Morgan fingerprint density at radius 2 is 1.89 bits per heavy atom. The van der Waals surface area contributed by atoms with Crippen LogP contribution in [0.4, 0.5) is 5.69 Å². The lowest BCUT2D eigenvalue weighted by atomic mass is 9.92. The number of fused-ring (bicyclic) bond motifs is 1. The number of rotatable bonds is 6. The van der Waals surface area contributed by atoms with Gasteiger partial charge in [0.25, 0.3) is 5.69 Å². The summed E-state index contributed by atoms with van der Waals surface area (Å²) in [5, 5.41) is 20.0. The maximum absolute atomic E-state index is 12.6. The molecule has 0 radical (unpaired) electrons. The molecule has 1 aliphatic rings. The van der Waals surface area contributed by atoms with Crippen molar-refractivity contribution < 1.29 is 33.8 Å². The minimum atomic E-state index is -1.11. The highest BCUT2D eigenvalue weighted by atomic mass is 16.6. The number of benzene rings is 2. The van der Waals surface area contributed by atoms with Gasteiger partial charge in [0.15, 0.2) is 0 Å². The Kier molecular flexibility index (Phi) is 5.55. The van der Waals surface area contributed by atoms with Gasteiger partial charge in [0, 0.05) is 24.8 Å². The summed E-state index contributed by atoms with van der Waals surface area (Å²) in [6.45, 7) is 0.459. The highest BCUT2D eigenvalue weighted by molar-refractivity contribution is 5.90. The maximum Gasteiger partial charge on any atom is 0.338 e. The van der Waals surface area contributed by atoms with Gasteiger partial charge < -0.3 is 19.3 Å².